The van der Waals surface area contributed by atoms with Gasteiger partial charge in [0, 0.05) is 37.3 Å². The van der Waals surface area contributed by atoms with Crippen LogP contribution >= 0.6 is 11.6 Å². The number of nitrogens with zero attached hydrogens (tertiary/aromatic N) is 2. The van der Waals surface area contributed by atoms with Crippen LogP contribution in [0.2, 0.25) is 5.02 Å². The fourth-order valence-corrected chi connectivity index (χ4v) is 4.85. The van der Waals surface area contributed by atoms with Crippen molar-refractivity contribution in [3.63, 3.8) is 0 Å². The normalized spacial score (nSPS) is 23.8. The Morgan fingerprint density at radius 1 is 1.26 bits per heavy atom. The van der Waals surface area contributed by atoms with E-state index < -0.39 is 11.9 Å². The van der Waals surface area contributed by atoms with Gasteiger partial charge in [0.05, 0.1) is 18.1 Å². The molecule has 5 rings (SSSR count). The Bertz CT molecular complexity index is 1020. The highest BCUT2D eigenvalue weighted by Crippen LogP contribution is 2.39. The van der Waals surface area contributed by atoms with Crippen molar-refractivity contribution in [3.8, 4) is 11.5 Å². The van der Waals surface area contributed by atoms with Crippen LogP contribution in [0.25, 0.3) is 0 Å². The van der Waals surface area contributed by atoms with Gasteiger partial charge in [-0.3, -0.25) is 4.79 Å². The van der Waals surface area contributed by atoms with E-state index >= 15 is 0 Å². The molecule has 2 aromatic rings. The molecule has 0 amide bonds. The van der Waals surface area contributed by atoms with Crippen LogP contribution in [0.3, 0.4) is 0 Å². The van der Waals surface area contributed by atoms with Gasteiger partial charge in [0.1, 0.15) is 17.3 Å². The average Bonchev–Trinajstić information content (AvgIpc) is 3.22. The van der Waals surface area contributed by atoms with Crippen molar-refractivity contribution in [1.29, 1.82) is 0 Å². The van der Waals surface area contributed by atoms with Crippen LogP contribution in [-0.4, -0.2) is 60.7 Å². The van der Waals surface area contributed by atoms with Crippen molar-refractivity contribution in [1.82, 2.24) is 10.2 Å². The lowest BCUT2D eigenvalue weighted by molar-refractivity contribution is -0.145. The van der Waals surface area contributed by atoms with Crippen LogP contribution in [0, 0.1) is 11.8 Å². The Labute approximate surface area is 185 Å². The number of nitrogens with one attached hydrogen (secondary N) is 1. The minimum atomic E-state index is -0.779. The number of carboxylic acid groups (broad SMARTS) is 1. The molecule has 0 aliphatic carbocycles. The summed E-state index contributed by atoms with van der Waals surface area (Å²) in [4.78, 5) is 19.2. The largest absolute Gasteiger partial charge is 0.481 e. The van der Waals surface area contributed by atoms with Gasteiger partial charge in [0.15, 0.2) is 5.75 Å². The Morgan fingerprint density at radius 3 is 2.94 bits per heavy atom. The third-order valence-electron chi connectivity index (χ3n) is 6.19. The number of para-hydroxylation sites is 1. The van der Waals surface area contributed by atoms with E-state index in [1.807, 2.05) is 30.3 Å². The van der Waals surface area contributed by atoms with E-state index in [1.54, 1.807) is 12.1 Å². The number of rotatable bonds is 3. The minimum absolute atomic E-state index is 0.0150. The highest BCUT2D eigenvalue weighted by molar-refractivity contribution is 6.31. The molecule has 2 fully saturated rings. The summed E-state index contributed by atoms with van der Waals surface area (Å²) in [5.41, 5.74) is 1.54. The lowest BCUT2D eigenvalue weighted by atomic mass is 9.84. The number of carbonyl (C=O) groups is 1. The molecular formula is C23H24ClN3O4. The second-order valence-electron chi connectivity index (χ2n) is 8.14. The molecular weight excluding hydrogens is 418 g/mol. The monoisotopic (exact) mass is 441 g/mol. The smallest absolute Gasteiger partial charge is 0.308 e. The summed E-state index contributed by atoms with van der Waals surface area (Å²) < 4.78 is 11.6. The first kappa shape index (κ1) is 20.3. The summed E-state index contributed by atoms with van der Waals surface area (Å²) in [5.74, 6) is 0.862. The molecule has 3 aliphatic rings. The number of hydrogen-bond donors (Lipinski definition) is 2. The molecule has 2 saturated heterocycles. The van der Waals surface area contributed by atoms with Crippen molar-refractivity contribution in [2.75, 3.05) is 32.8 Å². The standard InChI is InChI=1S/C23H24ClN3O4/c24-15-5-6-20-17(11-15)26-22(16-3-1-2-4-19(16)31-20)27-9-8-25-18(12-27)21(23(28)29)14-7-10-30-13-14/h1-6,11,14,18,21,25H,7-10,12-13H2,(H,28,29)/t14?,18-,21+/m1/s1. The first-order valence-electron chi connectivity index (χ1n) is 10.5. The molecule has 162 valence electrons. The number of piperazine rings is 1. The third-order valence-corrected chi connectivity index (χ3v) is 6.43. The van der Waals surface area contributed by atoms with Crippen molar-refractivity contribution in [2.45, 2.75) is 12.5 Å². The van der Waals surface area contributed by atoms with Crippen LogP contribution in [0.1, 0.15) is 12.0 Å². The fourth-order valence-electron chi connectivity index (χ4n) is 4.69. The predicted molar refractivity (Wildman–Crippen MR) is 118 cm³/mol. The van der Waals surface area contributed by atoms with Gasteiger partial charge in [0.25, 0.3) is 0 Å². The van der Waals surface area contributed by atoms with Gasteiger partial charge in [-0.25, -0.2) is 4.99 Å². The second kappa shape index (κ2) is 8.49. The van der Waals surface area contributed by atoms with Crippen LogP contribution < -0.4 is 10.1 Å². The summed E-state index contributed by atoms with van der Waals surface area (Å²) in [7, 11) is 0. The third kappa shape index (κ3) is 4.01. The number of benzene rings is 2. The molecule has 0 aromatic heterocycles. The molecule has 7 nitrogen and oxygen atoms in total. The van der Waals surface area contributed by atoms with Gasteiger partial charge in [-0.05, 0) is 42.7 Å². The molecule has 31 heavy (non-hydrogen) atoms. The summed E-state index contributed by atoms with van der Waals surface area (Å²) in [6, 6.07) is 13.0. The highest BCUT2D eigenvalue weighted by Gasteiger charge is 2.40. The molecule has 2 aromatic carbocycles. The van der Waals surface area contributed by atoms with E-state index in [0.29, 0.717) is 49.3 Å². The van der Waals surface area contributed by atoms with Crippen molar-refractivity contribution < 1.29 is 19.4 Å². The number of fused-ring (bicyclic) bond motifs is 2. The van der Waals surface area contributed by atoms with Crippen molar-refractivity contribution in [3.05, 3.63) is 53.1 Å². The van der Waals surface area contributed by atoms with Crippen LogP contribution in [0.5, 0.6) is 11.5 Å². The van der Waals surface area contributed by atoms with Gasteiger partial charge >= 0.3 is 5.97 Å². The highest BCUT2D eigenvalue weighted by atomic mass is 35.5. The number of halogens is 1. The maximum Gasteiger partial charge on any atom is 0.308 e. The predicted octanol–water partition coefficient (Wildman–Crippen LogP) is 3.54. The van der Waals surface area contributed by atoms with Gasteiger partial charge in [-0.2, -0.15) is 0 Å². The van der Waals surface area contributed by atoms with E-state index in [-0.39, 0.29) is 12.0 Å². The van der Waals surface area contributed by atoms with E-state index in [1.165, 1.54) is 0 Å². The van der Waals surface area contributed by atoms with Crippen molar-refractivity contribution in [2.24, 2.45) is 16.8 Å². The first-order chi connectivity index (χ1) is 15.1. The lowest BCUT2D eigenvalue weighted by Gasteiger charge is -2.39. The molecule has 0 radical (unpaired) electrons. The maximum absolute atomic E-state index is 12.1. The molecule has 8 heteroatoms. The quantitative estimate of drug-likeness (QED) is 0.758. The number of ether oxygens (including phenoxy) is 2. The molecule has 2 N–H and O–H groups in total. The molecule has 0 spiro atoms. The van der Waals surface area contributed by atoms with Crippen LogP contribution in [0.4, 0.5) is 5.69 Å². The molecule has 0 bridgehead atoms. The number of aliphatic carboxylic acids is 1. The number of amidine groups is 1. The fraction of sp³-hybridized carbons (Fsp3) is 0.391. The van der Waals surface area contributed by atoms with E-state index in [9.17, 15) is 9.90 Å². The minimum Gasteiger partial charge on any atom is -0.481 e. The molecule has 3 atom stereocenters. The first-order valence-corrected chi connectivity index (χ1v) is 10.9. The number of carboxylic acids is 1. The van der Waals surface area contributed by atoms with E-state index in [0.717, 1.165) is 23.6 Å². The molecule has 0 saturated carbocycles. The van der Waals surface area contributed by atoms with Crippen LogP contribution in [-0.2, 0) is 9.53 Å². The zero-order valence-electron chi connectivity index (χ0n) is 17.0. The second-order valence-corrected chi connectivity index (χ2v) is 8.58. The maximum atomic E-state index is 12.1. The lowest BCUT2D eigenvalue weighted by Crippen LogP contribution is -2.58. The summed E-state index contributed by atoms with van der Waals surface area (Å²) in [6.45, 7) is 3.05. The molecule has 1 unspecified atom stereocenters. The van der Waals surface area contributed by atoms with E-state index in [4.69, 9.17) is 26.1 Å². The van der Waals surface area contributed by atoms with Gasteiger partial charge in [-0.1, -0.05) is 23.7 Å². The number of aliphatic imine (C=N–C) groups is 1. The Hall–Kier alpha value is -2.61. The molecule has 3 aliphatic heterocycles. The topological polar surface area (TPSA) is 83.4 Å². The van der Waals surface area contributed by atoms with Gasteiger partial charge < -0.3 is 24.8 Å². The van der Waals surface area contributed by atoms with Crippen molar-refractivity contribution >= 4 is 29.1 Å². The summed E-state index contributed by atoms with van der Waals surface area (Å²) in [5, 5.41) is 14.0. The Balaban J connectivity index is 1.51. The SMILES string of the molecule is O=C(O)[C@@H](C1CCOC1)[C@H]1CN(C2=Nc3cc(Cl)ccc3Oc3ccccc32)CCN1. The average molecular weight is 442 g/mol. The van der Waals surface area contributed by atoms with Gasteiger partial charge in [-0.15, -0.1) is 0 Å². The van der Waals surface area contributed by atoms with Crippen LogP contribution in [0.15, 0.2) is 47.5 Å². The summed E-state index contributed by atoms with van der Waals surface area (Å²) >= 11 is 6.22. The Kier molecular flexibility index (Phi) is 5.56. The van der Waals surface area contributed by atoms with Gasteiger partial charge in [0.2, 0.25) is 0 Å². The summed E-state index contributed by atoms with van der Waals surface area (Å²) in [6.07, 6.45) is 0.776. The van der Waals surface area contributed by atoms with E-state index in [2.05, 4.69) is 10.2 Å². The zero-order chi connectivity index (χ0) is 21.4. The zero-order valence-corrected chi connectivity index (χ0v) is 17.7. The Morgan fingerprint density at radius 2 is 2.13 bits per heavy atom. The number of hydrogen-bond acceptors (Lipinski definition) is 6. The molecule has 3 heterocycles.